The topological polar surface area (TPSA) is 49.0 Å². The van der Waals surface area contributed by atoms with E-state index in [0.717, 1.165) is 19.0 Å². The van der Waals surface area contributed by atoms with E-state index in [1.807, 2.05) is 6.92 Å². The van der Waals surface area contributed by atoms with E-state index >= 15 is 0 Å². The highest BCUT2D eigenvalue weighted by Crippen LogP contribution is 2.14. The summed E-state index contributed by atoms with van der Waals surface area (Å²) >= 11 is 0. The van der Waals surface area contributed by atoms with Crippen molar-refractivity contribution in [1.29, 1.82) is 0 Å². The third-order valence-electron chi connectivity index (χ3n) is 2.38. The van der Waals surface area contributed by atoms with Gasteiger partial charge in [0.1, 0.15) is 6.23 Å². The molecule has 0 aromatic heterocycles. The van der Waals surface area contributed by atoms with Gasteiger partial charge in [-0.05, 0) is 19.9 Å². The van der Waals surface area contributed by atoms with E-state index in [0.29, 0.717) is 0 Å². The summed E-state index contributed by atoms with van der Waals surface area (Å²) < 4.78 is 21.0. The van der Waals surface area contributed by atoms with E-state index < -0.39 is 8.80 Å². The first-order valence-corrected chi connectivity index (χ1v) is 6.99. The van der Waals surface area contributed by atoms with Crippen LogP contribution in [-0.4, -0.2) is 50.0 Å². The summed E-state index contributed by atoms with van der Waals surface area (Å²) in [5.41, 5.74) is 0. The van der Waals surface area contributed by atoms with Crippen LogP contribution in [-0.2, 0) is 18.0 Å². The Morgan fingerprint density at radius 1 is 1.07 bits per heavy atom. The zero-order valence-corrected chi connectivity index (χ0v) is 11.3. The Hall–Kier alpha value is 0.0169. The fourth-order valence-electron chi connectivity index (χ4n) is 1.25. The lowest BCUT2D eigenvalue weighted by atomic mass is 10.4. The highest BCUT2D eigenvalue weighted by molar-refractivity contribution is 6.60. The number of methoxy groups -OCH3 is 1. The predicted octanol–water partition coefficient (Wildman–Crippen LogP) is 0.837. The van der Waals surface area contributed by atoms with Crippen LogP contribution in [0.5, 0.6) is 0 Å². The number of nitrogens with one attached hydrogen (secondary N) is 1. The maximum Gasteiger partial charge on any atom is 0.500 e. The molecule has 0 bridgehead atoms. The lowest BCUT2D eigenvalue weighted by Gasteiger charge is -2.24. The Balaban J connectivity index is 3.72. The monoisotopic (exact) mass is 237 g/mol. The molecule has 6 heteroatoms. The number of hydrogen-bond acceptors (Lipinski definition) is 5. The molecule has 15 heavy (non-hydrogen) atoms. The molecule has 0 amide bonds. The van der Waals surface area contributed by atoms with Crippen LogP contribution in [0.25, 0.3) is 0 Å². The van der Waals surface area contributed by atoms with E-state index in [9.17, 15) is 0 Å². The van der Waals surface area contributed by atoms with Crippen LogP contribution in [0.15, 0.2) is 0 Å². The molecule has 5 nitrogen and oxygen atoms in total. The van der Waals surface area contributed by atoms with Crippen LogP contribution >= 0.6 is 0 Å². The van der Waals surface area contributed by atoms with Gasteiger partial charge in [-0.25, -0.2) is 0 Å². The summed E-state index contributed by atoms with van der Waals surface area (Å²) in [6.07, 6.45) is 1.02. The van der Waals surface area contributed by atoms with Gasteiger partial charge < -0.3 is 18.0 Å². The molecular weight excluding hydrogens is 214 g/mol. The van der Waals surface area contributed by atoms with E-state index in [2.05, 4.69) is 5.32 Å². The minimum atomic E-state index is -2.38. The summed E-state index contributed by atoms with van der Waals surface area (Å²) in [6, 6.07) is 0.805. The SMILES string of the molecule is COC(C)NCCC[Si](OC)(OC)OC. The van der Waals surface area contributed by atoms with Crippen molar-refractivity contribution in [2.75, 3.05) is 35.0 Å². The fraction of sp³-hybridized carbons (Fsp3) is 1.00. The first-order valence-electron chi connectivity index (χ1n) is 5.05. The molecule has 1 atom stereocenters. The van der Waals surface area contributed by atoms with Gasteiger partial charge in [-0.3, -0.25) is 5.32 Å². The second-order valence-electron chi connectivity index (χ2n) is 3.23. The molecule has 0 saturated carbocycles. The summed E-state index contributed by atoms with van der Waals surface area (Å²) in [6.45, 7) is 2.83. The zero-order chi connectivity index (χ0) is 11.7. The maximum atomic E-state index is 5.31. The lowest BCUT2D eigenvalue weighted by molar-refractivity contribution is 0.0882. The lowest BCUT2D eigenvalue weighted by Crippen LogP contribution is -2.43. The maximum absolute atomic E-state index is 5.31. The minimum absolute atomic E-state index is 0.0775. The zero-order valence-electron chi connectivity index (χ0n) is 10.3. The van der Waals surface area contributed by atoms with Gasteiger partial charge in [-0.2, -0.15) is 0 Å². The Morgan fingerprint density at radius 3 is 2.00 bits per heavy atom. The second kappa shape index (κ2) is 8.20. The van der Waals surface area contributed by atoms with Gasteiger partial charge in [0.25, 0.3) is 0 Å². The summed E-state index contributed by atoms with van der Waals surface area (Å²) in [7, 11) is 4.18. The van der Waals surface area contributed by atoms with E-state index in [-0.39, 0.29) is 6.23 Å². The number of rotatable bonds is 9. The molecular formula is C9H23NO4Si. The Kier molecular flexibility index (Phi) is 8.21. The summed E-state index contributed by atoms with van der Waals surface area (Å²) in [5.74, 6) is 0. The number of ether oxygens (including phenoxy) is 1. The Morgan fingerprint density at radius 2 is 1.60 bits per heavy atom. The first kappa shape index (κ1) is 15.0. The van der Waals surface area contributed by atoms with Crippen LogP contribution < -0.4 is 5.32 Å². The van der Waals surface area contributed by atoms with E-state index in [1.54, 1.807) is 28.4 Å². The van der Waals surface area contributed by atoms with Crippen LogP contribution in [0.1, 0.15) is 13.3 Å². The standard InChI is InChI=1S/C9H23NO4Si/c1-9(11-2)10-7-6-8-15(12-3,13-4)14-5/h9-10H,6-8H2,1-5H3. The van der Waals surface area contributed by atoms with Crippen LogP contribution in [0.3, 0.4) is 0 Å². The van der Waals surface area contributed by atoms with Crippen LogP contribution in [0.4, 0.5) is 0 Å². The van der Waals surface area contributed by atoms with Gasteiger partial charge >= 0.3 is 8.80 Å². The van der Waals surface area contributed by atoms with Crippen molar-refractivity contribution < 1.29 is 18.0 Å². The van der Waals surface area contributed by atoms with E-state index in [4.69, 9.17) is 18.0 Å². The van der Waals surface area contributed by atoms with Gasteiger partial charge in [0, 0.05) is 34.5 Å². The van der Waals surface area contributed by atoms with Gasteiger partial charge in [0.05, 0.1) is 0 Å². The van der Waals surface area contributed by atoms with Crippen molar-refractivity contribution in [2.45, 2.75) is 25.6 Å². The number of hydrogen-bond donors (Lipinski definition) is 1. The molecule has 92 valence electrons. The molecule has 0 radical (unpaired) electrons. The van der Waals surface area contributed by atoms with Crippen molar-refractivity contribution >= 4 is 8.80 Å². The molecule has 0 aliphatic heterocycles. The average molecular weight is 237 g/mol. The first-order chi connectivity index (χ1) is 7.14. The van der Waals surface area contributed by atoms with Crippen molar-refractivity contribution in [2.24, 2.45) is 0 Å². The molecule has 0 rings (SSSR count). The van der Waals surface area contributed by atoms with Gasteiger partial charge in [-0.1, -0.05) is 0 Å². The summed E-state index contributed by atoms with van der Waals surface area (Å²) in [5, 5.41) is 3.21. The molecule has 0 fully saturated rings. The van der Waals surface area contributed by atoms with Crippen molar-refractivity contribution in [1.82, 2.24) is 5.32 Å². The predicted molar refractivity (Wildman–Crippen MR) is 60.7 cm³/mol. The smallest absolute Gasteiger partial charge is 0.377 e. The van der Waals surface area contributed by atoms with Crippen LogP contribution in [0, 0.1) is 0 Å². The molecule has 0 aliphatic rings. The van der Waals surface area contributed by atoms with Crippen molar-refractivity contribution in [3.8, 4) is 0 Å². The molecule has 0 saturated heterocycles. The molecule has 0 aliphatic carbocycles. The highest BCUT2D eigenvalue weighted by atomic mass is 28.4. The Labute approximate surface area is 93.4 Å². The molecule has 1 unspecified atom stereocenters. The van der Waals surface area contributed by atoms with Gasteiger partial charge in [0.2, 0.25) is 0 Å². The normalized spacial score (nSPS) is 14.2. The molecule has 0 aromatic carbocycles. The van der Waals surface area contributed by atoms with Gasteiger partial charge in [-0.15, -0.1) is 0 Å². The van der Waals surface area contributed by atoms with E-state index in [1.165, 1.54) is 0 Å². The average Bonchev–Trinajstić information content (AvgIpc) is 2.30. The minimum Gasteiger partial charge on any atom is -0.377 e. The fourth-order valence-corrected chi connectivity index (χ4v) is 2.97. The molecule has 0 spiro atoms. The van der Waals surface area contributed by atoms with Crippen molar-refractivity contribution in [3.63, 3.8) is 0 Å². The third kappa shape index (κ3) is 5.60. The van der Waals surface area contributed by atoms with Crippen LogP contribution in [0.2, 0.25) is 6.04 Å². The van der Waals surface area contributed by atoms with Crippen molar-refractivity contribution in [3.05, 3.63) is 0 Å². The largest absolute Gasteiger partial charge is 0.500 e. The quantitative estimate of drug-likeness (QED) is 0.366. The molecule has 1 N–H and O–H groups in total. The second-order valence-corrected chi connectivity index (χ2v) is 6.32. The van der Waals surface area contributed by atoms with Gasteiger partial charge in [0.15, 0.2) is 0 Å². The Bertz CT molecular complexity index is 147. The molecule has 0 aromatic rings. The summed E-state index contributed by atoms with van der Waals surface area (Å²) in [4.78, 5) is 0. The third-order valence-corrected chi connectivity index (χ3v) is 5.21. The highest BCUT2D eigenvalue weighted by Gasteiger charge is 2.36. The molecule has 0 heterocycles.